The van der Waals surface area contributed by atoms with Gasteiger partial charge in [-0.15, -0.1) is 0 Å². The lowest BCUT2D eigenvalue weighted by molar-refractivity contribution is 0.364. The first-order valence-electron chi connectivity index (χ1n) is 7.37. The lowest BCUT2D eigenvalue weighted by Gasteiger charge is -2.24. The molecule has 0 radical (unpaired) electrons. The summed E-state index contributed by atoms with van der Waals surface area (Å²) in [5.41, 5.74) is 7.41. The van der Waals surface area contributed by atoms with Crippen LogP contribution in [0.1, 0.15) is 43.2 Å². The van der Waals surface area contributed by atoms with Crippen LogP contribution in [-0.2, 0) is 22.3 Å². The molecule has 1 heterocycles. The summed E-state index contributed by atoms with van der Waals surface area (Å²) in [4.78, 5) is 0. The van der Waals surface area contributed by atoms with E-state index in [9.17, 15) is 8.42 Å². The van der Waals surface area contributed by atoms with Crippen molar-refractivity contribution in [2.75, 3.05) is 13.1 Å². The fraction of sp³-hybridized carbons (Fsp3) is 0.600. The lowest BCUT2D eigenvalue weighted by Crippen LogP contribution is -2.34. The van der Waals surface area contributed by atoms with Gasteiger partial charge in [0.25, 0.3) is 0 Å². The molecule has 4 nitrogen and oxygen atoms in total. The minimum absolute atomic E-state index is 0.0842. The van der Waals surface area contributed by atoms with E-state index in [-0.39, 0.29) is 5.75 Å². The van der Waals surface area contributed by atoms with Gasteiger partial charge in [-0.3, -0.25) is 0 Å². The normalized spacial score (nSPS) is 18.4. The van der Waals surface area contributed by atoms with Crippen molar-refractivity contribution in [2.24, 2.45) is 5.73 Å². The van der Waals surface area contributed by atoms with E-state index in [1.54, 1.807) is 4.31 Å². The predicted molar refractivity (Wildman–Crippen MR) is 81.6 cm³/mol. The fourth-order valence-electron chi connectivity index (χ4n) is 2.64. The Labute approximate surface area is 122 Å². The average Bonchev–Trinajstić information content (AvgIpc) is 2.37. The summed E-state index contributed by atoms with van der Waals surface area (Å²) in [6, 6.07) is 7.55. The van der Waals surface area contributed by atoms with Crippen LogP contribution in [0.4, 0.5) is 0 Å². The highest BCUT2D eigenvalue weighted by molar-refractivity contribution is 7.88. The Kier molecular flexibility index (Phi) is 5.57. The van der Waals surface area contributed by atoms with E-state index in [4.69, 9.17) is 5.73 Å². The number of nitrogens with two attached hydrogens (primary N) is 1. The Morgan fingerprint density at radius 2 is 1.60 bits per heavy atom. The summed E-state index contributed by atoms with van der Waals surface area (Å²) in [5, 5.41) is 0. The molecule has 0 unspecified atom stereocenters. The number of sulfonamides is 1. The molecule has 0 aliphatic carbocycles. The van der Waals surface area contributed by atoms with Gasteiger partial charge in [0.1, 0.15) is 0 Å². The summed E-state index contributed by atoms with van der Waals surface area (Å²) in [6.07, 6.45) is 5.44. The molecule has 1 aliphatic heterocycles. The fourth-order valence-corrected chi connectivity index (χ4v) is 4.24. The van der Waals surface area contributed by atoms with E-state index in [1.807, 2.05) is 24.3 Å². The van der Waals surface area contributed by atoms with Crippen molar-refractivity contribution < 1.29 is 8.42 Å². The third-order valence-electron chi connectivity index (χ3n) is 3.78. The van der Waals surface area contributed by atoms with E-state index < -0.39 is 10.0 Å². The second-order valence-corrected chi connectivity index (χ2v) is 7.42. The van der Waals surface area contributed by atoms with Crippen molar-refractivity contribution >= 4 is 10.0 Å². The van der Waals surface area contributed by atoms with Crippen molar-refractivity contribution in [3.63, 3.8) is 0 Å². The highest BCUT2D eigenvalue weighted by Gasteiger charge is 2.22. The molecule has 1 aliphatic rings. The number of rotatable bonds is 4. The molecule has 0 saturated carbocycles. The number of hydrogen-bond acceptors (Lipinski definition) is 3. The van der Waals surface area contributed by atoms with E-state index in [0.29, 0.717) is 19.6 Å². The molecule has 0 amide bonds. The van der Waals surface area contributed by atoms with E-state index in [0.717, 1.165) is 36.8 Å². The molecule has 20 heavy (non-hydrogen) atoms. The molecule has 0 bridgehead atoms. The highest BCUT2D eigenvalue weighted by atomic mass is 32.2. The molecule has 5 heteroatoms. The van der Waals surface area contributed by atoms with Crippen molar-refractivity contribution in [1.29, 1.82) is 0 Å². The Morgan fingerprint density at radius 1 is 1.00 bits per heavy atom. The molecule has 2 rings (SSSR count). The van der Waals surface area contributed by atoms with Crippen LogP contribution in [0.5, 0.6) is 0 Å². The van der Waals surface area contributed by atoms with E-state index in [2.05, 4.69) is 0 Å². The molecule has 0 atom stereocenters. The Balaban J connectivity index is 2.08. The van der Waals surface area contributed by atoms with Gasteiger partial charge in [0.2, 0.25) is 10.0 Å². The number of benzene rings is 1. The van der Waals surface area contributed by atoms with Gasteiger partial charge < -0.3 is 5.73 Å². The van der Waals surface area contributed by atoms with Crippen molar-refractivity contribution in [1.82, 2.24) is 4.31 Å². The summed E-state index contributed by atoms with van der Waals surface area (Å²) in [7, 11) is -3.21. The van der Waals surface area contributed by atoms with Crippen molar-refractivity contribution in [2.45, 2.75) is 44.4 Å². The second-order valence-electron chi connectivity index (χ2n) is 5.45. The van der Waals surface area contributed by atoms with Crippen LogP contribution < -0.4 is 5.73 Å². The van der Waals surface area contributed by atoms with Crippen molar-refractivity contribution in [3.05, 3.63) is 35.4 Å². The maximum Gasteiger partial charge on any atom is 0.218 e. The van der Waals surface area contributed by atoms with Crippen LogP contribution in [0.25, 0.3) is 0 Å². The third-order valence-corrected chi connectivity index (χ3v) is 5.63. The van der Waals surface area contributed by atoms with Crippen LogP contribution in [0, 0.1) is 0 Å². The van der Waals surface area contributed by atoms with Crippen LogP contribution >= 0.6 is 0 Å². The maximum atomic E-state index is 12.5. The molecule has 1 aromatic carbocycles. The summed E-state index contributed by atoms with van der Waals surface area (Å²) >= 11 is 0. The van der Waals surface area contributed by atoms with Gasteiger partial charge in [0.05, 0.1) is 5.75 Å². The van der Waals surface area contributed by atoms with Crippen LogP contribution in [-0.4, -0.2) is 25.8 Å². The zero-order valence-electron chi connectivity index (χ0n) is 11.9. The Bertz CT molecular complexity index is 520. The predicted octanol–water partition coefficient (Wildman–Crippen LogP) is 2.24. The standard InChI is InChI=1S/C15H24N2O2S/c16-12-14-7-6-8-15(11-14)13-20(18,19)17-9-4-2-1-3-5-10-17/h6-8,11H,1-5,9-10,12-13,16H2. The molecule has 2 N–H and O–H groups in total. The highest BCUT2D eigenvalue weighted by Crippen LogP contribution is 2.17. The Hall–Kier alpha value is -0.910. The van der Waals surface area contributed by atoms with Crippen LogP contribution in [0.2, 0.25) is 0 Å². The second kappa shape index (κ2) is 7.20. The molecule has 112 valence electrons. The van der Waals surface area contributed by atoms with Gasteiger partial charge in [0.15, 0.2) is 0 Å². The first-order chi connectivity index (χ1) is 9.62. The molecule has 0 aromatic heterocycles. The monoisotopic (exact) mass is 296 g/mol. The Morgan fingerprint density at radius 3 is 2.25 bits per heavy atom. The maximum absolute atomic E-state index is 12.5. The zero-order valence-corrected chi connectivity index (χ0v) is 12.7. The smallest absolute Gasteiger partial charge is 0.218 e. The molecular formula is C15H24N2O2S. The van der Waals surface area contributed by atoms with Gasteiger partial charge in [-0.2, -0.15) is 0 Å². The largest absolute Gasteiger partial charge is 0.326 e. The summed E-state index contributed by atoms with van der Waals surface area (Å²) < 4.78 is 26.7. The zero-order chi connectivity index (χ0) is 14.4. The van der Waals surface area contributed by atoms with Crippen LogP contribution in [0.3, 0.4) is 0 Å². The number of hydrogen-bond donors (Lipinski definition) is 1. The van der Waals surface area contributed by atoms with Crippen molar-refractivity contribution in [3.8, 4) is 0 Å². The first-order valence-corrected chi connectivity index (χ1v) is 8.98. The summed E-state index contributed by atoms with van der Waals surface area (Å²) in [6.45, 7) is 1.77. The molecule has 0 spiro atoms. The van der Waals surface area contributed by atoms with Crippen LogP contribution in [0.15, 0.2) is 24.3 Å². The van der Waals surface area contributed by atoms with Gasteiger partial charge >= 0.3 is 0 Å². The summed E-state index contributed by atoms with van der Waals surface area (Å²) in [5.74, 6) is 0.0842. The lowest BCUT2D eigenvalue weighted by atomic mass is 10.1. The third kappa shape index (κ3) is 4.30. The molecule has 1 aromatic rings. The minimum Gasteiger partial charge on any atom is -0.326 e. The average molecular weight is 296 g/mol. The van der Waals surface area contributed by atoms with Gasteiger partial charge in [-0.05, 0) is 24.0 Å². The van der Waals surface area contributed by atoms with Gasteiger partial charge in [0, 0.05) is 19.6 Å². The number of nitrogens with zero attached hydrogens (tertiary/aromatic N) is 1. The molecular weight excluding hydrogens is 272 g/mol. The SMILES string of the molecule is NCc1cccc(CS(=O)(=O)N2CCCCCCC2)c1. The van der Waals surface area contributed by atoms with Gasteiger partial charge in [-0.1, -0.05) is 43.5 Å². The molecule has 1 fully saturated rings. The topological polar surface area (TPSA) is 63.4 Å². The first kappa shape index (κ1) is 15.5. The minimum atomic E-state index is -3.21. The molecule has 1 saturated heterocycles. The quantitative estimate of drug-likeness (QED) is 0.927. The van der Waals surface area contributed by atoms with E-state index >= 15 is 0 Å². The van der Waals surface area contributed by atoms with E-state index in [1.165, 1.54) is 6.42 Å². The van der Waals surface area contributed by atoms with Gasteiger partial charge in [-0.25, -0.2) is 12.7 Å².